The fourth-order valence-corrected chi connectivity index (χ4v) is 3.24. The fraction of sp³-hybridized carbons (Fsp3) is 0.118. The molecule has 0 aliphatic rings. The van der Waals surface area contributed by atoms with Gasteiger partial charge in [-0.3, -0.25) is 4.79 Å². The third-order valence-electron chi connectivity index (χ3n) is 3.24. The molecule has 0 bridgehead atoms. The molecule has 0 unspecified atom stereocenters. The second kappa shape index (κ2) is 6.06. The largest absolute Gasteiger partial charge is 0.358 e. The molecular weight excluding hydrogens is 280 g/mol. The minimum Gasteiger partial charge on any atom is -0.358 e. The molecule has 0 aliphatic carbocycles. The first-order chi connectivity index (χ1) is 10.2. The minimum atomic E-state index is 0.0101. The molecule has 1 aromatic heterocycles. The van der Waals surface area contributed by atoms with Gasteiger partial charge in [-0.2, -0.15) is 0 Å². The number of anilines is 1. The number of hydrogen-bond acceptors (Lipinski definition) is 2. The molecule has 21 heavy (non-hydrogen) atoms. The average molecular weight is 296 g/mol. The Morgan fingerprint density at radius 1 is 1.10 bits per heavy atom. The lowest BCUT2D eigenvalue weighted by atomic mass is 10.2. The van der Waals surface area contributed by atoms with Crippen LogP contribution >= 0.6 is 11.8 Å². The van der Waals surface area contributed by atoms with Gasteiger partial charge in [0.05, 0.1) is 5.75 Å². The van der Waals surface area contributed by atoms with E-state index in [0.29, 0.717) is 5.75 Å². The molecule has 0 atom stereocenters. The summed E-state index contributed by atoms with van der Waals surface area (Å²) in [5.74, 6) is 0.410. The van der Waals surface area contributed by atoms with Crippen molar-refractivity contribution in [3.8, 4) is 0 Å². The van der Waals surface area contributed by atoms with Crippen LogP contribution in [0.4, 0.5) is 5.69 Å². The Hall–Kier alpha value is -2.20. The highest BCUT2D eigenvalue weighted by molar-refractivity contribution is 8.00. The fourth-order valence-electron chi connectivity index (χ4n) is 2.29. The standard InChI is InChI=1S/C17H16N2OS/c1-12-17(14-9-5-6-10-15(14)18-12)21-11-16(20)19-13-7-3-2-4-8-13/h2-10,18H,11H2,1H3,(H,19,20). The number of nitrogens with one attached hydrogen (secondary N) is 2. The van der Waals surface area contributed by atoms with E-state index in [1.54, 1.807) is 11.8 Å². The highest BCUT2D eigenvalue weighted by atomic mass is 32.2. The van der Waals surface area contributed by atoms with E-state index in [2.05, 4.69) is 22.4 Å². The van der Waals surface area contributed by atoms with E-state index < -0.39 is 0 Å². The Morgan fingerprint density at radius 2 is 1.81 bits per heavy atom. The number of carbonyl (C=O) groups is 1. The monoisotopic (exact) mass is 296 g/mol. The van der Waals surface area contributed by atoms with Gasteiger partial charge < -0.3 is 10.3 Å². The van der Waals surface area contributed by atoms with Crippen LogP contribution in [0.3, 0.4) is 0 Å². The number of amides is 1. The molecule has 106 valence electrons. The highest BCUT2D eigenvalue weighted by Gasteiger charge is 2.10. The van der Waals surface area contributed by atoms with Crippen LogP contribution < -0.4 is 5.32 Å². The Bertz CT molecular complexity index is 765. The topological polar surface area (TPSA) is 44.9 Å². The number of aromatic amines is 1. The van der Waals surface area contributed by atoms with Crippen LogP contribution in [-0.4, -0.2) is 16.6 Å². The molecule has 3 rings (SSSR count). The van der Waals surface area contributed by atoms with Crippen molar-refractivity contribution in [3.63, 3.8) is 0 Å². The number of rotatable bonds is 4. The molecule has 0 fully saturated rings. The smallest absolute Gasteiger partial charge is 0.234 e. The van der Waals surface area contributed by atoms with Gasteiger partial charge in [0.25, 0.3) is 0 Å². The molecule has 0 radical (unpaired) electrons. The van der Waals surface area contributed by atoms with Crippen molar-refractivity contribution in [1.82, 2.24) is 4.98 Å². The zero-order valence-corrected chi connectivity index (χ0v) is 12.5. The normalized spacial score (nSPS) is 10.7. The predicted octanol–water partition coefficient (Wildman–Crippen LogP) is 4.21. The van der Waals surface area contributed by atoms with Gasteiger partial charge in [-0.15, -0.1) is 11.8 Å². The van der Waals surface area contributed by atoms with Crippen LogP contribution in [0, 0.1) is 6.92 Å². The maximum Gasteiger partial charge on any atom is 0.234 e. The molecule has 2 aromatic carbocycles. The third kappa shape index (κ3) is 3.11. The first kappa shape index (κ1) is 13.8. The van der Waals surface area contributed by atoms with Gasteiger partial charge in [0.15, 0.2) is 0 Å². The van der Waals surface area contributed by atoms with E-state index >= 15 is 0 Å². The maximum absolute atomic E-state index is 12.0. The highest BCUT2D eigenvalue weighted by Crippen LogP contribution is 2.31. The van der Waals surface area contributed by atoms with Gasteiger partial charge in [-0.1, -0.05) is 36.4 Å². The quantitative estimate of drug-likeness (QED) is 0.708. The first-order valence-electron chi connectivity index (χ1n) is 6.79. The van der Waals surface area contributed by atoms with Crippen LogP contribution in [0.2, 0.25) is 0 Å². The SMILES string of the molecule is Cc1[nH]c2ccccc2c1SCC(=O)Nc1ccccc1. The van der Waals surface area contributed by atoms with Gasteiger partial charge in [-0.25, -0.2) is 0 Å². The summed E-state index contributed by atoms with van der Waals surface area (Å²) in [5, 5.41) is 4.08. The Balaban J connectivity index is 1.69. The number of aryl methyl sites for hydroxylation is 1. The summed E-state index contributed by atoms with van der Waals surface area (Å²) >= 11 is 1.57. The van der Waals surface area contributed by atoms with Crippen molar-refractivity contribution in [1.29, 1.82) is 0 Å². The van der Waals surface area contributed by atoms with E-state index in [1.807, 2.05) is 49.4 Å². The van der Waals surface area contributed by atoms with Crippen molar-refractivity contribution in [2.75, 3.05) is 11.1 Å². The number of carbonyl (C=O) groups excluding carboxylic acids is 1. The Labute approximate surface area is 127 Å². The second-order valence-corrected chi connectivity index (χ2v) is 5.81. The Morgan fingerprint density at radius 3 is 2.62 bits per heavy atom. The number of thioether (sulfide) groups is 1. The van der Waals surface area contributed by atoms with Crippen molar-refractivity contribution < 1.29 is 4.79 Å². The lowest BCUT2D eigenvalue weighted by Gasteiger charge is -2.05. The molecule has 0 saturated heterocycles. The number of benzene rings is 2. The lowest BCUT2D eigenvalue weighted by Crippen LogP contribution is -2.13. The van der Waals surface area contributed by atoms with E-state index in [-0.39, 0.29) is 5.91 Å². The van der Waals surface area contributed by atoms with Crippen molar-refractivity contribution in [3.05, 3.63) is 60.3 Å². The maximum atomic E-state index is 12.0. The summed E-state index contributed by atoms with van der Waals surface area (Å²) < 4.78 is 0. The number of hydrogen-bond donors (Lipinski definition) is 2. The summed E-state index contributed by atoms with van der Waals surface area (Å²) in [4.78, 5) is 16.5. The van der Waals surface area contributed by atoms with E-state index in [1.165, 1.54) is 5.39 Å². The Kier molecular flexibility index (Phi) is 3.97. The second-order valence-electron chi connectivity index (χ2n) is 4.83. The summed E-state index contributed by atoms with van der Waals surface area (Å²) in [7, 11) is 0. The van der Waals surface area contributed by atoms with Crippen LogP contribution in [0.5, 0.6) is 0 Å². The van der Waals surface area contributed by atoms with Gasteiger partial charge in [0, 0.05) is 27.2 Å². The molecule has 4 heteroatoms. The zero-order valence-electron chi connectivity index (χ0n) is 11.7. The molecule has 3 aromatic rings. The van der Waals surface area contributed by atoms with Crippen molar-refractivity contribution >= 4 is 34.3 Å². The van der Waals surface area contributed by atoms with Crippen LogP contribution in [0.1, 0.15) is 5.69 Å². The van der Waals surface area contributed by atoms with Crippen molar-refractivity contribution in [2.45, 2.75) is 11.8 Å². The zero-order chi connectivity index (χ0) is 14.7. The third-order valence-corrected chi connectivity index (χ3v) is 4.46. The van der Waals surface area contributed by atoms with Gasteiger partial charge in [0.1, 0.15) is 0 Å². The van der Waals surface area contributed by atoms with E-state index in [4.69, 9.17) is 0 Å². The predicted molar refractivity (Wildman–Crippen MR) is 88.8 cm³/mol. The van der Waals surface area contributed by atoms with Crippen LogP contribution in [-0.2, 0) is 4.79 Å². The van der Waals surface area contributed by atoms with E-state index in [0.717, 1.165) is 21.8 Å². The summed E-state index contributed by atoms with van der Waals surface area (Å²) in [6.07, 6.45) is 0. The van der Waals surface area contributed by atoms with Crippen molar-refractivity contribution in [2.24, 2.45) is 0 Å². The molecule has 1 heterocycles. The first-order valence-corrected chi connectivity index (χ1v) is 7.77. The van der Waals surface area contributed by atoms with Gasteiger partial charge >= 0.3 is 0 Å². The average Bonchev–Trinajstić information content (AvgIpc) is 2.81. The molecule has 0 saturated carbocycles. The molecule has 0 spiro atoms. The molecule has 3 nitrogen and oxygen atoms in total. The lowest BCUT2D eigenvalue weighted by molar-refractivity contribution is -0.113. The molecule has 0 aliphatic heterocycles. The van der Waals surface area contributed by atoms with Crippen LogP contribution in [0.15, 0.2) is 59.5 Å². The van der Waals surface area contributed by atoms with Gasteiger partial charge in [0.2, 0.25) is 5.91 Å². The number of H-pyrrole nitrogens is 1. The molecule has 2 N–H and O–H groups in total. The van der Waals surface area contributed by atoms with Crippen LogP contribution in [0.25, 0.3) is 10.9 Å². The van der Waals surface area contributed by atoms with Gasteiger partial charge in [-0.05, 0) is 25.1 Å². The number of fused-ring (bicyclic) bond motifs is 1. The molecular formula is C17H16N2OS. The minimum absolute atomic E-state index is 0.0101. The summed E-state index contributed by atoms with van der Waals surface area (Å²) in [6.45, 7) is 2.04. The summed E-state index contributed by atoms with van der Waals surface area (Å²) in [6, 6.07) is 17.7. The summed E-state index contributed by atoms with van der Waals surface area (Å²) in [5.41, 5.74) is 3.05. The number of para-hydroxylation sites is 2. The number of aromatic nitrogens is 1. The van der Waals surface area contributed by atoms with E-state index in [9.17, 15) is 4.79 Å². The molecule has 1 amide bonds.